The van der Waals surface area contributed by atoms with E-state index in [-0.39, 0.29) is 62.7 Å². The summed E-state index contributed by atoms with van der Waals surface area (Å²) in [6.45, 7) is 32.1. The number of rotatable bonds is 21. The lowest BCUT2D eigenvalue weighted by atomic mass is 10.1. The molecule has 0 radical (unpaired) electrons. The second-order valence-electron chi connectivity index (χ2n) is 20.2. The van der Waals surface area contributed by atoms with Gasteiger partial charge in [-0.1, -0.05) is 13.8 Å². The third kappa shape index (κ3) is 19.0. The first kappa shape index (κ1) is 63.8. The summed E-state index contributed by atoms with van der Waals surface area (Å²) in [6, 6.07) is 1.57. The fourth-order valence-electron chi connectivity index (χ4n) is 8.03. The number of ether oxygens (including phenoxy) is 4. The number of H-pyrrole nitrogens is 2. The van der Waals surface area contributed by atoms with Gasteiger partial charge in [0.25, 0.3) is 11.1 Å². The second kappa shape index (κ2) is 29.2. The molecule has 73 heavy (non-hydrogen) atoms. The molecule has 5 heterocycles. The second-order valence-corrected chi connectivity index (χ2v) is 23.5. The Morgan fingerprint density at radius 2 is 1.15 bits per heavy atom. The zero-order valence-electron chi connectivity index (χ0n) is 45.6. The molecule has 23 nitrogen and oxygen atoms in total. The first-order valence-electron chi connectivity index (χ1n) is 25.2. The van der Waals surface area contributed by atoms with Crippen LogP contribution in [0.25, 0.3) is 0 Å². The molecule has 3 fully saturated rings. The van der Waals surface area contributed by atoms with Crippen molar-refractivity contribution in [1.29, 1.82) is 0 Å². The highest BCUT2D eigenvalue weighted by Gasteiger charge is 2.48. The Bertz CT molecular complexity index is 2320. The summed E-state index contributed by atoms with van der Waals surface area (Å²) >= 11 is 0. The van der Waals surface area contributed by atoms with Gasteiger partial charge in [0, 0.05) is 60.5 Å². The van der Waals surface area contributed by atoms with Crippen LogP contribution >= 0.6 is 16.3 Å². The Morgan fingerprint density at radius 1 is 0.712 bits per heavy atom. The van der Waals surface area contributed by atoms with Crippen LogP contribution in [0.15, 0.2) is 31.6 Å². The molecule has 5 rings (SSSR count). The Morgan fingerprint density at radius 3 is 1.56 bits per heavy atom. The van der Waals surface area contributed by atoms with Gasteiger partial charge in [-0.15, -0.1) is 0 Å². The maximum absolute atomic E-state index is 12.8. The molecule has 4 N–H and O–H groups in total. The van der Waals surface area contributed by atoms with Gasteiger partial charge in [-0.05, 0) is 110 Å². The smallest absolute Gasteiger partial charge is 0.463 e. The van der Waals surface area contributed by atoms with E-state index in [0.717, 1.165) is 0 Å². The number of carbonyl (C=O) groups is 2. The normalized spacial score (nSPS) is 23.8. The molecule has 0 saturated carbocycles. The summed E-state index contributed by atoms with van der Waals surface area (Å²) in [5.41, 5.74) is -1.34. The van der Waals surface area contributed by atoms with E-state index in [1.165, 1.54) is 21.5 Å². The molecular formula is C48H84N6O17P2. The molecule has 418 valence electrons. The SMILES string of the molecule is CC(C)OC(=O)C(C)CCOP(N(C(C)C)C(C)C)N(C(C)C)C(C)C.Cc1cn([C@H]2C[C@@H]3OP(=O)(OCCC(C)C(=O)OC(C)C)OC[C@H]3O2)c(=O)[nH]c1=O.Cc1cn([C@H]2C[C@H](O)[C@@H](CO)O2)c(=O)[nH]c1=O. The van der Waals surface area contributed by atoms with Crippen LogP contribution in [0.2, 0.25) is 0 Å². The largest absolute Gasteiger partial charge is 0.475 e. The van der Waals surface area contributed by atoms with Gasteiger partial charge >= 0.3 is 31.1 Å². The number of phosphoric ester groups is 1. The Labute approximate surface area is 430 Å². The van der Waals surface area contributed by atoms with Crippen molar-refractivity contribution < 1.29 is 61.4 Å². The minimum Gasteiger partial charge on any atom is -0.463 e. The number of phosphoric acid groups is 1. The average molecular weight is 1080 g/mol. The summed E-state index contributed by atoms with van der Waals surface area (Å²) in [5, 5.41) is 18.5. The summed E-state index contributed by atoms with van der Waals surface area (Å²) < 4.78 is 64.3. The van der Waals surface area contributed by atoms with Crippen LogP contribution in [0.1, 0.15) is 146 Å². The number of carbonyl (C=O) groups excluding carboxylic acids is 2. The Balaban J connectivity index is 0.000000300. The third-order valence-electron chi connectivity index (χ3n) is 11.7. The summed E-state index contributed by atoms with van der Waals surface area (Å²) in [6.07, 6.45) is -0.0569. The van der Waals surface area contributed by atoms with E-state index < -0.39 is 81.6 Å². The maximum atomic E-state index is 12.8. The molecule has 0 bridgehead atoms. The highest BCUT2D eigenvalue weighted by molar-refractivity contribution is 7.48. The van der Waals surface area contributed by atoms with E-state index in [4.69, 9.17) is 42.1 Å². The van der Waals surface area contributed by atoms with Crippen LogP contribution in [-0.4, -0.2) is 138 Å². The minimum absolute atomic E-state index is 0.00805. The number of aliphatic hydroxyl groups excluding tert-OH is 2. The van der Waals surface area contributed by atoms with Gasteiger partial charge in [-0.2, -0.15) is 0 Å². The number of esters is 2. The molecule has 3 aliphatic rings. The first-order valence-corrected chi connectivity index (χ1v) is 27.8. The minimum atomic E-state index is -3.82. The average Bonchev–Trinajstić information content (AvgIpc) is 3.87. The molecule has 25 heteroatoms. The number of hydrogen-bond donors (Lipinski definition) is 4. The molecule has 2 aromatic heterocycles. The predicted molar refractivity (Wildman–Crippen MR) is 274 cm³/mol. The fraction of sp³-hybridized carbons (Fsp3) is 0.792. The first-order chi connectivity index (χ1) is 34.0. The summed E-state index contributed by atoms with van der Waals surface area (Å²) in [5.74, 6) is -1.06. The molecule has 3 aliphatic heterocycles. The number of aromatic nitrogens is 4. The van der Waals surface area contributed by atoms with E-state index >= 15 is 0 Å². The molecule has 0 spiro atoms. The van der Waals surface area contributed by atoms with Gasteiger partial charge < -0.3 is 33.7 Å². The van der Waals surface area contributed by atoms with Crippen molar-refractivity contribution in [3.63, 3.8) is 0 Å². The van der Waals surface area contributed by atoms with Crippen LogP contribution in [0.5, 0.6) is 0 Å². The number of nitrogens with zero attached hydrogens (tertiary/aromatic N) is 4. The monoisotopic (exact) mass is 1080 g/mol. The highest BCUT2D eigenvalue weighted by atomic mass is 31.2. The number of aliphatic hydroxyl groups is 2. The quantitative estimate of drug-likeness (QED) is 0.0877. The molecule has 0 aliphatic carbocycles. The van der Waals surface area contributed by atoms with Gasteiger partial charge in [0.1, 0.15) is 30.8 Å². The van der Waals surface area contributed by atoms with Crippen molar-refractivity contribution >= 4 is 28.2 Å². The molecule has 2 aromatic rings. The van der Waals surface area contributed by atoms with Gasteiger partial charge in [0.15, 0.2) is 8.45 Å². The van der Waals surface area contributed by atoms with Crippen LogP contribution in [-0.2, 0) is 51.2 Å². The van der Waals surface area contributed by atoms with Crippen LogP contribution in [0.3, 0.4) is 0 Å². The van der Waals surface area contributed by atoms with Gasteiger partial charge in [0.2, 0.25) is 0 Å². The molecule has 0 aromatic carbocycles. The lowest BCUT2D eigenvalue weighted by Crippen LogP contribution is -2.43. The van der Waals surface area contributed by atoms with E-state index in [1.54, 1.807) is 34.6 Å². The topological polar surface area (TPSA) is 282 Å². The Kier molecular flexibility index (Phi) is 25.5. The predicted octanol–water partition coefficient (Wildman–Crippen LogP) is 5.58. The lowest BCUT2D eigenvalue weighted by Gasteiger charge is -2.45. The zero-order valence-corrected chi connectivity index (χ0v) is 47.4. The number of aromatic amines is 2. The van der Waals surface area contributed by atoms with Crippen LogP contribution in [0.4, 0.5) is 0 Å². The zero-order chi connectivity index (χ0) is 55.2. The standard InChI is InChI=1S/C20H43N2O3P.C18H27N2O9P.C10H14N2O5/c1-14(2)21(15(3)4)26(22(16(5)6)17(7)8)24-13-12-19(11)20(23)25-18(9)10;1-10(2)27-17(22)11(3)5-6-25-30(24)26-9-14-13(29-30)7-15(28-14)20-8-12(4)16(21)19-18(20)23;1-5-3-12(10(16)11-9(5)15)8-2-6(14)7(4-13)17-8/h14-19H,12-13H2,1-11H3;8,10-11,13-15H,5-7,9H2,1-4H3,(H,19,21,23);3,6-8,13-14H,2,4H2,1H3,(H,11,15,16)/t;11?,13-,14+,15+,30?;6-,7+,8+/m.00/s1. The number of aryl methyl sites for hydroxylation is 2. The Hall–Kier alpha value is -3.44. The molecule has 0 amide bonds. The van der Waals surface area contributed by atoms with E-state index in [1.807, 2.05) is 20.8 Å². The number of fused-ring (bicyclic) bond motifs is 1. The molecule has 3 saturated heterocycles. The highest BCUT2D eigenvalue weighted by Crippen LogP contribution is 2.57. The van der Waals surface area contributed by atoms with Crippen LogP contribution < -0.4 is 22.5 Å². The van der Waals surface area contributed by atoms with E-state index in [2.05, 4.69) is 74.7 Å². The maximum Gasteiger partial charge on any atom is 0.475 e. The van der Waals surface area contributed by atoms with Gasteiger partial charge in [-0.25, -0.2) is 23.5 Å². The summed E-state index contributed by atoms with van der Waals surface area (Å²) in [7, 11) is -4.72. The molecular weight excluding hydrogens is 995 g/mol. The van der Waals surface area contributed by atoms with Crippen molar-refractivity contribution in [3.8, 4) is 0 Å². The van der Waals surface area contributed by atoms with Crippen molar-refractivity contribution in [1.82, 2.24) is 28.4 Å². The van der Waals surface area contributed by atoms with E-state index in [9.17, 15) is 38.4 Å². The van der Waals surface area contributed by atoms with E-state index in [0.29, 0.717) is 54.7 Å². The van der Waals surface area contributed by atoms with Crippen LogP contribution in [0, 0.1) is 25.7 Å². The van der Waals surface area contributed by atoms with Gasteiger partial charge in [-0.3, -0.25) is 51.9 Å². The van der Waals surface area contributed by atoms with Gasteiger partial charge in [0.05, 0.1) is 56.6 Å². The van der Waals surface area contributed by atoms with Crippen molar-refractivity contribution in [3.05, 3.63) is 65.2 Å². The van der Waals surface area contributed by atoms with Crippen molar-refractivity contribution in [2.75, 3.05) is 26.4 Å². The van der Waals surface area contributed by atoms with Crippen molar-refractivity contribution in [2.45, 2.75) is 210 Å². The lowest BCUT2D eigenvalue weighted by molar-refractivity contribution is -0.153. The summed E-state index contributed by atoms with van der Waals surface area (Å²) in [4.78, 5) is 74.6. The third-order valence-corrected chi connectivity index (χ3v) is 16.3. The molecule has 9 atom stereocenters. The molecule has 3 unspecified atom stereocenters. The number of hydrogen-bond acceptors (Lipinski definition) is 19. The fourth-order valence-corrected chi connectivity index (χ4v) is 11.8. The van der Waals surface area contributed by atoms with Crippen molar-refractivity contribution in [2.24, 2.45) is 11.8 Å². The number of nitrogens with one attached hydrogen (secondary N) is 2.